The normalized spacial score (nSPS) is 9.80. The molecule has 0 bridgehead atoms. The Hall–Kier alpha value is -2.50. The number of ether oxygens (including phenoxy) is 2. The largest absolute Gasteiger partial charge is 0.420 e. The molecule has 0 aliphatic heterocycles. The summed E-state index contributed by atoms with van der Waals surface area (Å²) in [7, 11) is 0. The van der Waals surface area contributed by atoms with Crippen LogP contribution in [0.2, 0.25) is 0 Å². The predicted molar refractivity (Wildman–Crippen MR) is 67.3 cm³/mol. The minimum Gasteiger partial charge on any atom is -0.420 e. The number of hydrogen-bond acceptors (Lipinski definition) is 4. The van der Waals surface area contributed by atoms with Crippen LogP contribution >= 0.6 is 0 Å². The van der Waals surface area contributed by atoms with Gasteiger partial charge in [-0.3, -0.25) is 0 Å². The van der Waals surface area contributed by atoms with Crippen LogP contribution in [-0.4, -0.2) is 11.9 Å². The zero-order chi connectivity index (χ0) is 15.4. The van der Waals surface area contributed by atoms with Gasteiger partial charge in [-0.1, -0.05) is 13.2 Å². The first-order valence-electron chi connectivity index (χ1n) is 5.47. The van der Waals surface area contributed by atoms with Crippen molar-refractivity contribution in [2.24, 2.45) is 0 Å². The zero-order valence-corrected chi connectivity index (χ0v) is 11.0. The second-order valence-corrected chi connectivity index (χ2v) is 4.03. The van der Waals surface area contributed by atoms with Crippen molar-refractivity contribution in [3.05, 3.63) is 48.1 Å². The Labute approximate surface area is 114 Å². The van der Waals surface area contributed by atoms with E-state index in [1.165, 1.54) is 13.8 Å². The Balaban J connectivity index is 3.03. The Kier molecular flexibility index (Phi) is 4.74. The van der Waals surface area contributed by atoms with Crippen LogP contribution in [0.15, 0.2) is 36.4 Å². The molecule has 0 fully saturated rings. The van der Waals surface area contributed by atoms with Crippen molar-refractivity contribution in [2.75, 3.05) is 0 Å². The van der Waals surface area contributed by atoms with Crippen LogP contribution in [0.25, 0.3) is 0 Å². The molecule has 0 aliphatic rings. The zero-order valence-electron chi connectivity index (χ0n) is 11.0. The maximum absolute atomic E-state index is 13.6. The first-order valence-corrected chi connectivity index (χ1v) is 5.47. The van der Waals surface area contributed by atoms with Crippen LogP contribution in [0.1, 0.15) is 13.8 Å². The smallest absolute Gasteiger partial charge is 0.338 e. The summed E-state index contributed by atoms with van der Waals surface area (Å²) in [4.78, 5) is 22.4. The van der Waals surface area contributed by atoms with Crippen molar-refractivity contribution in [2.45, 2.75) is 13.8 Å². The van der Waals surface area contributed by atoms with E-state index in [1.54, 1.807) is 0 Å². The third-order valence-electron chi connectivity index (χ3n) is 2.11. The highest BCUT2D eigenvalue weighted by molar-refractivity contribution is 5.89. The summed E-state index contributed by atoms with van der Waals surface area (Å²) in [5.41, 5.74) is 0.0604. The SMILES string of the molecule is C=C(C)C(=O)Oc1ccc(OC(=O)C(=C)C)c(F)c1F. The third-order valence-corrected chi connectivity index (χ3v) is 2.11. The minimum atomic E-state index is -1.44. The average molecular weight is 282 g/mol. The molecule has 0 saturated carbocycles. The van der Waals surface area contributed by atoms with Crippen molar-refractivity contribution >= 4 is 11.9 Å². The fraction of sp³-hybridized carbons (Fsp3) is 0.143. The van der Waals surface area contributed by atoms with E-state index in [-0.39, 0.29) is 11.1 Å². The van der Waals surface area contributed by atoms with Gasteiger partial charge in [0.2, 0.25) is 11.6 Å². The standard InChI is InChI=1S/C14H12F2O4/c1-7(2)13(17)19-9-5-6-10(12(16)11(9)15)20-14(18)8(3)4/h5-6H,1,3H2,2,4H3. The van der Waals surface area contributed by atoms with Gasteiger partial charge in [-0.05, 0) is 26.0 Å². The summed E-state index contributed by atoms with van der Waals surface area (Å²) < 4.78 is 36.5. The van der Waals surface area contributed by atoms with Gasteiger partial charge in [0.15, 0.2) is 11.5 Å². The summed E-state index contributed by atoms with van der Waals surface area (Å²) in [6.45, 7) is 9.34. The molecule has 0 aliphatic carbocycles. The van der Waals surface area contributed by atoms with Crippen molar-refractivity contribution in [1.82, 2.24) is 0 Å². The monoisotopic (exact) mass is 282 g/mol. The number of rotatable bonds is 4. The molecule has 1 aromatic rings. The predicted octanol–water partition coefficient (Wildman–Crippen LogP) is 2.93. The summed E-state index contributed by atoms with van der Waals surface area (Å²) in [6.07, 6.45) is 0. The first kappa shape index (κ1) is 15.6. The molecule has 1 rings (SSSR count). The van der Waals surface area contributed by atoms with Gasteiger partial charge in [0.1, 0.15) is 0 Å². The molecule has 20 heavy (non-hydrogen) atoms. The molecule has 0 heterocycles. The van der Waals surface area contributed by atoms with Crippen molar-refractivity contribution < 1.29 is 27.8 Å². The molecule has 0 N–H and O–H groups in total. The van der Waals surface area contributed by atoms with Gasteiger partial charge in [0.25, 0.3) is 0 Å². The molecule has 6 heteroatoms. The summed E-state index contributed by atoms with van der Waals surface area (Å²) in [6, 6.07) is 1.95. The number of esters is 2. The highest BCUT2D eigenvalue weighted by Gasteiger charge is 2.20. The lowest BCUT2D eigenvalue weighted by Crippen LogP contribution is -2.12. The van der Waals surface area contributed by atoms with E-state index in [1.807, 2.05) is 0 Å². The van der Waals surface area contributed by atoms with Crippen molar-refractivity contribution in [3.8, 4) is 11.5 Å². The molecule has 1 aromatic carbocycles. The maximum Gasteiger partial charge on any atom is 0.338 e. The van der Waals surface area contributed by atoms with E-state index in [2.05, 4.69) is 22.6 Å². The first-order chi connectivity index (χ1) is 9.23. The van der Waals surface area contributed by atoms with Gasteiger partial charge in [0.05, 0.1) is 0 Å². The van der Waals surface area contributed by atoms with Gasteiger partial charge >= 0.3 is 11.9 Å². The molecule has 0 spiro atoms. The van der Waals surface area contributed by atoms with Gasteiger partial charge < -0.3 is 9.47 Å². The van der Waals surface area contributed by atoms with Gasteiger partial charge in [-0.25, -0.2) is 9.59 Å². The quantitative estimate of drug-likeness (QED) is 0.484. The molecule has 106 valence electrons. The third kappa shape index (κ3) is 3.50. The van der Waals surface area contributed by atoms with Gasteiger partial charge in [-0.15, -0.1) is 0 Å². The molecule has 0 unspecified atom stereocenters. The lowest BCUT2D eigenvalue weighted by molar-refractivity contribution is -0.131. The van der Waals surface area contributed by atoms with E-state index in [9.17, 15) is 18.4 Å². The minimum absolute atomic E-state index is 0.0302. The van der Waals surface area contributed by atoms with Crippen LogP contribution < -0.4 is 9.47 Å². The Morgan fingerprint density at radius 2 is 1.20 bits per heavy atom. The molecular weight excluding hydrogens is 270 g/mol. The van der Waals surface area contributed by atoms with E-state index >= 15 is 0 Å². The van der Waals surface area contributed by atoms with Crippen LogP contribution in [0.4, 0.5) is 8.78 Å². The van der Waals surface area contributed by atoms with E-state index in [4.69, 9.17) is 0 Å². The molecule has 0 radical (unpaired) electrons. The summed E-state index contributed by atoms with van der Waals surface area (Å²) >= 11 is 0. The highest BCUT2D eigenvalue weighted by Crippen LogP contribution is 2.28. The van der Waals surface area contributed by atoms with Gasteiger partial charge in [0, 0.05) is 11.1 Å². The molecule has 0 aromatic heterocycles. The van der Waals surface area contributed by atoms with Crippen LogP contribution in [-0.2, 0) is 9.59 Å². The van der Waals surface area contributed by atoms with Crippen molar-refractivity contribution in [3.63, 3.8) is 0 Å². The number of halogens is 2. The van der Waals surface area contributed by atoms with Crippen molar-refractivity contribution in [1.29, 1.82) is 0 Å². The lowest BCUT2D eigenvalue weighted by atomic mass is 10.3. The second-order valence-electron chi connectivity index (χ2n) is 4.03. The van der Waals surface area contributed by atoms with Crippen LogP contribution in [0, 0.1) is 11.6 Å². The molecule has 0 atom stereocenters. The van der Waals surface area contributed by atoms with E-state index in [0.717, 1.165) is 12.1 Å². The number of benzene rings is 1. The lowest BCUT2D eigenvalue weighted by Gasteiger charge is -2.09. The second kappa shape index (κ2) is 6.10. The van der Waals surface area contributed by atoms with E-state index < -0.39 is 35.1 Å². The number of carbonyl (C=O) groups is 2. The molecular formula is C14H12F2O4. The number of hydrogen-bond donors (Lipinski definition) is 0. The summed E-state index contributed by atoms with van der Waals surface area (Å²) in [5.74, 6) is -5.90. The fourth-order valence-electron chi connectivity index (χ4n) is 1.05. The topological polar surface area (TPSA) is 52.6 Å². The Morgan fingerprint density at radius 3 is 1.45 bits per heavy atom. The Bertz CT molecular complexity index is 552. The molecule has 4 nitrogen and oxygen atoms in total. The maximum atomic E-state index is 13.6. The number of carbonyl (C=O) groups excluding carboxylic acids is 2. The molecule has 0 saturated heterocycles. The highest BCUT2D eigenvalue weighted by atomic mass is 19.2. The van der Waals surface area contributed by atoms with Crippen LogP contribution in [0.3, 0.4) is 0 Å². The van der Waals surface area contributed by atoms with Crippen LogP contribution in [0.5, 0.6) is 11.5 Å². The van der Waals surface area contributed by atoms with Gasteiger partial charge in [-0.2, -0.15) is 8.78 Å². The fourth-order valence-corrected chi connectivity index (χ4v) is 1.05. The molecule has 0 amide bonds. The Morgan fingerprint density at radius 1 is 0.900 bits per heavy atom. The summed E-state index contributed by atoms with van der Waals surface area (Å²) in [5, 5.41) is 0. The van der Waals surface area contributed by atoms with E-state index in [0.29, 0.717) is 0 Å². The average Bonchev–Trinajstić information content (AvgIpc) is 2.37.